The van der Waals surface area contributed by atoms with E-state index in [0.29, 0.717) is 0 Å². The topological polar surface area (TPSA) is 44.3 Å². The molecule has 2 rings (SSSR count). The molecule has 1 aromatic carbocycles. The number of piperazine rings is 1. The van der Waals surface area contributed by atoms with E-state index >= 15 is 0 Å². The Morgan fingerprint density at radius 2 is 2.06 bits per heavy atom. The van der Waals surface area contributed by atoms with Crippen molar-refractivity contribution >= 4 is 0 Å². The molecule has 0 bridgehead atoms. The molecule has 1 aliphatic heterocycles. The summed E-state index contributed by atoms with van der Waals surface area (Å²) in [6.45, 7) is 4.84. The number of nitrogens with one attached hydrogen (secondary N) is 2. The summed E-state index contributed by atoms with van der Waals surface area (Å²) < 4.78 is 0. The smallest absolute Gasteiger partial charge is 0.106 e. The van der Waals surface area contributed by atoms with E-state index in [2.05, 4.69) is 17.6 Å². The van der Waals surface area contributed by atoms with Crippen molar-refractivity contribution < 1.29 is 5.11 Å². The second-order valence-electron chi connectivity index (χ2n) is 4.75. The van der Waals surface area contributed by atoms with Crippen LogP contribution in [0.3, 0.4) is 0 Å². The Labute approximate surface area is 103 Å². The first-order valence-electron chi connectivity index (χ1n) is 6.49. The SMILES string of the molecule is CCCC(O)(c1ccccc1)C1CNCCN1. The van der Waals surface area contributed by atoms with Gasteiger partial charge in [-0.2, -0.15) is 0 Å². The van der Waals surface area contributed by atoms with E-state index in [1.165, 1.54) is 0 Å². The van der Waals surface area contributed by atoms with E-state index < -0.39 is 5.60 Å². The monoisotopic (exact) mass is 234 g/mol. The molecule has 1 fully saturated rings. The van der Waals surface area contributed by atoms with Gasteiger partial charge in [0.05, 0.1) is 6.04 Å². The van der Waals surface area contributed by atoms with Crippen LogP contribution in [0.4, 0.5) is 0 Å². The van der Waals surface area contributed by atoms with E-state index in [0.717, 1.165) is 38.0 Å². The highest BCUT2D eigenvalue weighted by atomic mass is 16.3. The zero-order chi connectivity index (χ0) is 12.1. The molecule has 3 N–H and O–H groups in total. The molecule has 1 saturated heterocycles. The molecule has 94 valence electrons. The fourth-order valence-electron chi connectivity index (χ4n) is 2.62. The Kier molecular flexibility index (Phi) is 4.15. The Balaban J connectivity index is 2.24. The molecule has 1 aliphatic rings. The minimum absolute atomic E-state index is 0.0959. The lowest BCUT2D eigenvalue weighted by Crippen LogP contribution is -2.58. The standard InChI is InChI=1S/C14H22N2O/c1-2-8-14(17,12-6-4-3-5-7-12)13-11-15-9-10-16-13/h3-7,13,15-17H,2,8-11H2,1H3. The average molecular weight is 234 g/mol. The number of hydrogen-bond acceptors (Lipinski definition) is 3. The third kappa shape index (κ3) is 2.68. The van der Waals surface area contributed by atoms with Gasteiger partial charge in [0.2, 0.25) is 0 Å². The molecule has 3 nitrogen and oxygen atoms in total. The lowest BCUT2D eigenvalue weighted by atomic mass is 9.82. The van der Waals surface area contributed by atoms with Crippen LogP contribution in [-0.4, -0.2) is 30.8 Å². The molecule has 0 radical (unpaired) electrons. The van der Waals surface area contributed by atoms with E-state index in [1.54, 1.807) is 0 Å². The molecule has 0 aromatic heterocycles. The van der Waals surface area contributed by atoms with Crippen molar-refractivity contribution in [2.24, 2.45) is 0 Å². The van der Waals surface area contributed by atoms with Crippen LogP contribution in [0.15, 0.2) is 30.3 Å². The largest absolute Gasteiger partial charge is 0.383 e. The minimum Gasteiger partial charge on any atom is -0.383 e. The first-order valence-corrected chi connectivity index (χ1v) is 6.49. The normalized spacial score (nSPS) is 24.2. The van der Waals surface area contributed by atoms with Crippen LogP contribution in [-0.2, 0) is 5.60 Å². The van der Waals surface area contributed by atoms with E-state index in [4.69, 9.17) is 0 Å². The summed E-state index contributed by atoms with van der Waals surface area (Å²) >= 11 is 0. The van der Waals surface area contributed by atoms with Crippen molar-refractivity contribution in [3.63, 3.8) is 0 Å². The molecule has 3 heteroatoms. The highest BCUT2D eigenvalue weighted by molar-refractivity contribution is 5.25. The fraction of sp³-hybridized carbons (Fsp3) is 0.571. The summed E-state index contributed by atoms with van der Waals surface area (Å²) in [6, 6.07) is 10.1. The van der Waals surface area contributed by atoms with Crippen LogP contribution >= 0.6 is 0 Å². The maximum absolute atomic E-state index is 11.0. The van der Waals surface area contributed by atoms with Crippen LogP contribution in [0, 0.1) is 0 Å². The predicted octanol–water partition coefficient (Wildman–Crippen LogP) is 1.24. The molecule has 17 heavy (non-hydrogen) atoms. The van der Waals surface area contributed by atoms with Crippen molar-refractivity contribution in [1.29, 1.82) is 0 Å². The molecular formula is C14H22N2O. The first kappa shape index (κ1) is 12.6. The number of hydrogen-bond donors (Lipinski definition) is 3. The molecule has 0 spiro atoms. The highest BCUT2D eigenvalue weighted by Gasteiger charge is 2.37. The molecule has 0 saturated carbocycles. The van der Waals surface area contributed by atoms with Gasteiger partial charge < -0.3 is 15.7 Å². The molecule has 0 amide bonds. The zero-order valence-electron chi connectivity index (χ0n) is 10.4. The van der Waals surface area contributed by atoms with Gasteiger partial charge in [-0.05, 0) is 12.0 Å². The Morgan fingerprint density at radius 3 is 2.65 bits per heavy atom. The van der Waals surface area contributed by atoms with Crippen molar-refractivity contribution in [2.45, 2.75) is 31.4 Å². The molecule has 2 unspecified atom stereocenters. The van der Waals surface area contributed by atoms with Crippen LogP contribution in [0.25, 0.3) is 0 Å². The summed E-state index contributed by atoms with van der Waals surface area (Å²) in [5, 5.41) is 17.8. The second-order valence-corrected chi connectivity index (χ2v) is 4.75. The Bertz CT molecular complexity index is 335. The summed E-state index contributed by atoms with van der Waals surface area (Å²) in [6.07, 6.45) is 1.76. The number of aliphatic hydroxyl groups is 1. The van der Waals surface area contributed by atoms with E-state index in [9.17, 15) is 5.11 Å². The van der Waals surface area contributed by atoms with Gasteiger partial charge in [0.25, 0.3) is 0 Å². The van der Waals surface area contributed by atoms with Crippen LogP contribution in [0.2, 0.25) is 0 Å². The molecule has 1 heterocycles. The highest BCUT2D eigenvalue weighted by Crippen LogP contribution is 2.30. The van der Waals surface area contributed by atoms with Gasteiger partial charge >= 0.3 is 0 Å². The van der Waals surface area contributed by atoms with Crippen LogP contribution < -0.4 is 10.6 Å². The zero-order valence-corrected chi connectivity index (χ0v) is 10.4. The van der Waals surface area contributed by atoms with Gasteiger partial charge in [-0.1, -0.05) is 43.7 Å². The lowest BCUT2D eigenvalue weighted by Gasteiger charge is -2.39. The quantitative estimate of drug-likeness (QED) is 0.734. The average Bonchev–Trinajstić information content (AvgIpc) is 2.41. The minimum atomic E-state index is -0.760. The first-order chi connectivity index (χ1) is 8.27. The second kappa shape index (κ2) is 5.63. The molecule has 2 atom stereocenters. The molecule has 0 aliphatic carbocycles. The van der Waals surface area contributed by atoms with Gasteiger partial charge in [-0.25, -0.2) is 0 Å². The van der Waals surface area contributed by atoms with Crippen molar-refractivity contribution in [3.8, 4) is 0 Å². The summed E-state index contributed by atoms with van der Waals surface area (Å²) in [4.78, 5) is 0. The molecule has 1 aromatic rings. The van der Waals surface area contributed by atoms with Gasteiger partial charge in [-0.15, -0.1) is 0 Å². The third-order valence-electron chi connectivity index (χ3n) is 3.52. The van der Waals surface area contributed by atoms with Gasteiger partial charge in [0.15, 0.2) is 0 Å². The Hall–Kier alpha value is -0.900. The summed E-state index contributed by atoms with van der Waals surface area (Å²) in [5.74, 6) is 0. The third-order valence-corrected chi connectivity index (χ3v) is 3.52. The lowest BCUT2D eigenvalue weighted by molar-refractivity contribution is -0.0162. The predicted molar refractivity (Wildman–Crippen MR) is 69.9 cm³/mol. The molecular weight excluding hydrogens is 212 g/mol. The Morgan fingerprint density at radius 1 is 1.29 bits per heavy atom. The van der Waals surface area contributed by atoms with Crippen molar-refractivity contribution in [3.05, 3.63) is 35.9 Å². The van der Waals surface area contributed by atoms with Crippen molar-refractivity contribution in [1.82, 2.24) is 10.6 Å². The maximum atomic E-state index is 11.0. The van der Waals surface area contributed by atoms with Crippen LogP contribution in [0.1, 0.15) is 25.3 Å². The van der Waals surface area contributed by atoms with Crippen molar-refractivity contribution in [2.75, 3.05) is 19.6 Å². The number of benzene rings is 1. The van der Waals surface area contributed by atoms with E-state index in [-0.39, 0.29) is 6.04 Å². The summed E-state index contributed by atoms with van der Waals surface area (Å²) in [7, 11) is 0. The fourth-order valence-corrected chi connectivity index (χ4v) is 2.62. The van der Waals surface area contributed by atoms with Gasteiger partial charge in [0, 0.05) is 19.6 Å². The maximum Gasteiger partial charge on any atom is 0.106 e. The van der Waals surface area contributed by atoms with Crippen LogP contribution in [0.5, 0.6) is 0 Å². The van der Waals surface area contributed by atoms with Gasteiger partial charge in [-0.3, -0.25) is 0 Å². The van der Waals surface area contributed by atoms with Gasteiger partial charge in [0.1, 0.15) is 5.60 Å². The van der Waals surface area contributed by atoms with E-state index in [1.807, 2.05) is 30.3 Å². The summed E-state index contributed by atoms with van der Waals surface area (Å²) in [5.41, 5.74) is 0.256. The number of rotatable bonds is 4.